The van der Waals surface area contributed by atoms with Crippen LogP contribution < -0.4 is 10.1 Å². The Labute approximate surface area is 214 Å². The van der Waals surface area contributed by atoms with E-state index in [-0.39, 0.29) is 40.5 Å². The SMILES string of the molecule is Cc1c(C(=O)NCc2cccnc2)nn(C(C)C)c1Oc1ccc([N+](=O)[O-])cc1S(=O)(=O)N1CCCC1. The molecule has 1 aromatic carbocycles. The topological polar surface area (TPSA) is 150 Å². The summed E-state index contributed by atoms with van der Waals surface area (Å²) in [5.74, 6) is -0.336. The minimum absolute atomic E-state index is 0.0790. The molecule has 1 aliphatic heterocycles. The van der Waals surface area contributed by atoms with Gasteiger partial charge in [0, 0.05) is 49.7 Å². The van der Waals surface area contributed by atoms with E-state index < -0.39 is 20.9 Å². The van der Waals surface area contributed by atoms with Crippen molar-refractivity contribution in [1.29, 1.82) is 0 Å². The zero-order chi connectivity index (χ0) is 26.7. The average Bonchev–Trinajstić information content (AvgIpc) is 3.53. The second kappa shape index (κ2) is 10.6. The van der Waals surface area contributed by atoms with E-state index in [4.69, 9.17) is 4.74 Å². The molecule has 0 atom stereocenters. The first-order valence-electron chi connectivity index (χ1n) is 11.8. The predicted octanol–water partition coefficient (Wildman–Crippen LogP) is 3.58. The molecule has 12 nitrogen and oxygen atoms in total. The largest absolute Gasteiger partial charge is 0.438 e. The number of carbonyl (C=O) groups excluding carboxylic acids is 1. The van der Waals surface area contributed by atoms with Crippen LogP contribution in [0.2, 0.25) is 0 Å². The Balaban J connectivity index is 1.71. The molecule has 1 saturated heterocycles. The summed E-state index contributed by atoms with van der Waals surface area (Å²) in [6.45, 7) is 6.24. The summed E-state index contributed by atoms with van der Waals surface area (Å²) in [5, 5.41) is 18.6. The molecule has 1 fully saturated rings. The van der Waals surface area contributed by atoms with Crippen molar-refractivity contribution in [3.63, 3.8) is 0 Å². The standard InChI is InChI=1S/C24H28N6O6S/c1-16(2)29-24(17(3)22(27-29)23(31)26-15-18-7-6-10-25-14-18)36-20-9-8-19(30(32)33)13-21(20)37(34,35)28-11-4-5-12-28/h6-10,13-14,16H,4-5,11-12,15H2,1-3H3,(H,26,31). The van der Waals surface area contributed by atoms with Crippen LogP contribution in [0.1, 0.15) is 54.3 Å². The number of ether oxygens (including phenoxy) is 1. The number of nitro groups is 1. The van der Waals surface area contributed by atoms with Crippen molar-refractivity contribution in [3.8, 4) is 11.6 Å². The first-order chi connectivity index (χ1) is 17.6. The van der Waals surface area contributed by atoms with E-state index in [1.54, 1.807) is 25.4 Å². The van der Waals surface area contributed by atoms with Crippen LogP contribution in [0.25, 0.3) is 0 Å². The normalized spacial score (nSPS) is 14.2. The zero-order valence-corrected chi connectivity index (χ0v) is 21.6. The van der Waals surface area contributed by atoms with Gasteiger partial charge in [0.15, 0.2) is 5.69 Å². The highest BCUT2D eigenvalue weighted by Crippen LogP contribution is 2.37. The molecular weight excluding hydrogens is 500 g/mol. The Hall–Kier alpha value is -3.84. The van der Waals surface area contributed by atoms with Crippen molar-refractivity contribution in [3.05, 3.63) is 69.7 Å². The van der Waals surface area contributed by atoms with Crippen LogP contribution in [-0.4, -0.2) is 51.4 Å². The van der Waals surface area contributed by atoms with E-state index in [1.165, 1.54) is 21.1 Å². The summed E-state index contributed by atoms with van der Waals surface area (Å²) in [4.78, 5) is 27.4. The smallest absolute Gasteiger partial charge is 0.272 e. The van der Waals surface area contributed by atoms with E-state index >= 15 is 0 Å². The molecule has 196 valence electrons. The zero-order valence-electron chi connectivity index (χ0n) is 20.7. The molecule has 3 aromatic rings. The van der Waals surface area contributed by atoms with Crippen LogP contribution in [0.5, 0.6) is 11.6 Å². The van der Waals surface area contributed by atoms with Gasteiger partial charge in [0.1, 0.15) is 10.6 Å². The third-order valence-electron chi connectivity index (χ3n) is 6.00. The van der Waals surface area contributed by atoms with Gasteiger partial charge in [-0.2, -0.15) is 9.40 Å². The number of nitro benzene ring substituents is 1. The highest BCUT2D eigenvalue weighted by atomic mass is 32.2. The van der Waals surface area contributed by atoms with Gasteiger partial charge in [0.2, 0.25) is 15.9 Å². The Bertz CT molecular complexity index is 1410. The van der Waals surface area contributed by atoms with Gasteiger partial charge in [-0.3, -0.25) is 19.9 Å². The second-order valence-corrected chi connectivity index (χ2v) is 10.9. The molecule has 1 amide bonds. The summed E-state index contributed by atoms with van der Waals surface area (Å²) >= 11 is 0. The van der Waals surface area contributed by atoms with E-state index in [1.807, 2.05) is 19.9 Å². The molecule has 0 spiro atoms. The molecule has 1 N–H and O–H groups in total. The first kappa shape index (κ1) is 26.2. The Morgan fingerprint density at radius 3 is 2.59 bits per heavy atom. The van der Waals surface area contributed by atoms with Crippen molar-refractivity contribution in [2.75, 3.05) is 13.1 Å². The maximum Gasteiger partial charge on any atom is 0.272 e. The van der Waals surface area contributed by atoms with Crippen molar-refractivity contribution in [1.82, 2.24) is 24.4 Å². The summed E-state index contributed by atoms with van der Waals surface area (Å²) in [5.41, 5.74) is 0.976. The van der Waals surface area contributed by atoms with Gasteiger partial charge in [-0.1, -0.05) is 6.07 Å². The lowest BCUT2D eigenvalue weighted by molar-refractivity contribution is -0.385. The van der Waals surface area contributed by atoms with E-state index in [0.29, 0.717) is 31.5 Å². The molecule has 0 unspecified atom stereocenters. The number of rotatable bonds is 9. The fourth-order valence-corrected chi connectivity index (χ4v) is 5.68. The maximum absolute atomic E-state index is 13.4. The monoisotopic (exact) mass is 528 g/mol. The van der Waals surface area contributed by atoms with Crippen molar-refractivity contribution in [2.24, 2.45) is 0 Å². The number of non-ortho nitro benzene ring substituents is 1. The lowest BCUT2D eigenvalue weighted by atomic mass is 10.2. The van der Waals surface area contributed by atoms with Gasteiger partial charge >= 0.3 is 0 Å². The molecule has 0 radical (unpaired) electrons. The van der Waals surface area contributed by atoms with E-state index in [2.05, 4.69) is 15.4 Å². The minimum Gasteiger partial charge on any atom is -0.438 e. The Morgan fingerprint density at radius 2 is 1.97 bits per heavy atom. The first-order valence-corrected chi connectivity index (χ1v) is 13.3. The maximum atomic E-state index is 13.4. The molecule has 13 heteroatoms. The van der Waals surface area contributed by atoms with Crippen LogP contribution in [-0.2, 0) is 16.6 Å². The highest BCUT2D eigenvalue weighted by molar-refractivity contribution is 7.89. The second-order valence-electron chi connectivity index (χ2n) is 8.96. The summed E-state index contributed by atoms with van der Waals surface area (Å²) < 4.78 is 35.6. The number of aromatic nitrogens is 3. The summed E-state index contributed by atoms with van der Waals surface area (Å²) in [6, 6.07) is 6.83. The number of sulfonamides is 1. The molecule has 2 aromatic heterocycles. The lowest BCUT2D eigenvalue weighted by Gasteiger charge is -2.19. The lowest BCUT2D eigenvalue weighted by Crippen LogP contribution is -2.28. The van der Waals surface area contributed by atoms with Gasteiger partial charge < -0.3 is 10.1 Å². The number of hydrogen-bond donors (Lipinski definition) is 1. The molecule has 0 saturated carbocycles. The predicted molar refractivity (Wildman–Crippen MR) is 134 cm³/mol. The number of hydrogen-bond acceptors (Lipinski definition) is 8. The van der Waals surface area contributed by atoms with Crippen molar-refractivity contribution < 1.29 is 22.9 Å². The Morgan fingerprint density at radius 1 is 1.24 bits per heavy atom. The fourth-order valence-electron chi connectivity index (χ4n) is 4.03. The molecule has 0 aliphatic carbocycles. The molecule has 1 aliphatic rings. The molecule has 3 heterocycles. The van der Waals surface area contributed by atoms with Crippen LogP contribution in [0.4, 0.5) is 5.69 Å². The van der Waals surface area contributed by atoms with Gasteiger partial charge in [0.25, 0.3) is 11.6 Å². The van der Waals surface area contributed by atoms with Gasteiger partial charge in [0.05, 0.1) is 11.0 Å². The number of nitrogens with zero attached hydrogens (tertiary/aromatic N) is 5. The third-order valence-corrected chi connectivity index (χ3v) is 7.92. The summed E-state index contributed by atoms with van der Waals surface area (Å²) in [7, 11) is -4.05. The van der Waals surface area contributed by atoms with Crippen LogP contribution in [0.3, 0.4) is 0 Å². The molecule has 37 heavy (non-hydrogen) atoms. The van der Waals surface area contributed by atoms with Crippen LogP contribution in [0.15, 0.2) is 47.6 Å². The van der Waals surface area contributed by atoms with Crippen molar-refractivity contribution >= 4 is 21.6 Å². The number of nitrogens with one attached hydrogen (secondary N) is 1. The highest BCUT2D eigenvalue weighted by Gasteiger charge is 2.33. The van der Waals surface area contributed by atoms with Gasteiger partial charge in [-0.25, -0.2) is 13.1 Å². The quantitative estimate of drug-likeness (QED) is 0.327. The summed E-state index contributed by atoms with van der Waals surface area (Å²) in [6.07, 6.45) is 4.70. The van der Waals surface area contributed by atoms with Crippen LogP contribution in [0, 0.1) is 17.0 Å². The fraction of sp³-hybridized carbons (Fsp3) is 0.375. The molecular formula is C24H28N6O6S. The Kier molecular flexibility index (Phi) is 7.55. The molecule has 4 rings (SSSR count). The van der Waals surface area contributed by atoms with Gasteiger partial charge in [-0.05, 0) is 51.3 Å². The molecule has 0 bridgehead atoms. The van der Waals surface area contributed by atoms with Crippen LogP contribution >= 0.6 is 0 Å². The minimum atomic E-state index is -4.05. The number of carbonyl (C=O) groups is 1. The van der Waals surface area contributed by atoms with Crippen molar-refractivity contribution in [2.45, 2.75) is 51.1 Å². The van der Waals surface area contributed by atoms with Gasteiger partial charge in [-0.15, -0.1) is 0 Å². The number of benzene rings is 1. The third kappa shape index (κ3) is 5.47. The van der Waals surface area contributed by atoms with E-state index in [9.17, 15) is 23.3 Å². The number of pyridine rings is 1. The number of amides is 1. The average molecular weight is 529 g/mol. The van der Waals surface area contributed by atoms with E-state index in [0.717, 1.165) is 11.6 Å².